The Bertz CT molecular complexity index is 2870. The predicted molar refractivity (Wildman–Crippen MR) is 277 cm³/mol. The Balaban J connectivity index is 1.19. The Morgan fingerprint density at radius 1 is 0.868 bits per heavy atom. The molecular formula is C56H70N4O6PS+. The zero-order valence-electron chi connectivity index (χ0n) is 41.5. The second-order valence-electron chi connectivity index (χ2n) is 20.0. The van der Waals surface area contributed by atoms with E-state index in [9.17, 15) is 22.8 Å². The number of para-hydroxylation sites is 1. The third-order valence-electron chi connectivity index (χ3n) is 13.9. The Morgan fingerprint density at radius 3 is 2.25 bits per heavy atom. The number of rotatable bonds is 19. The van der Waals surface area contributed by atoms with Crippen LogP contribution in [-0.2, 0) is 30.0 Å². The Morgan fingerprint density at radius 2 is 1.56 bits per heavy atom. The van der Waals surface area contributed by atoms with Crippen LogP contribution in [0, 0.1) is 11.3 Å². The molecule has 2 heterocycles. The molecule has 2 aliphatic heterocycles. The first-order valence-electron chi connectivity index (χ1n) is 24.3. The number of hydrogen-bond donors (Lipinski definition) is 1. The van der Waals surface area contributed by atoms with Gasteiger partial charge in [0.25, 0.3) is 17.6 Å². The average Bonchev–Trinajstić information content (AvgIpc) is 3.63. The van der Waals surface area contributed by atoms with Crippen molar-refractivity contribution in [1.82, 2.24) is 4.67 Å². The van der Waals surface area contributed by atoms with Gasteiger partial charge in [0.05, 0.1) is 29.1 Å². The van der Waals surface area contributed by atoms with Crippen molar-refractivity contribution in [1.29, 1.82) is 5.26 Å². The van der Waals surface area contributed by atoms with Crippen molar-refractivity contribution >= 4 is 45.5 Å². The summed E-state index contributed by atoms with van der Waals surface area (Å²) >= 11 is 0. The fraction of sp³-hybridized carbons (Fsp3) is 0.429. The summed E-state index contributed by atoms with van der Waals surface area (Å²) in [6, 6.07) is 29.8. The highest BCUT2D eigenvalue weighted by atomic mass is 32.2. The van der Waals surface area contributed by atoms with E-state index >= 15 is 0 Å². The van der Waals surface area contributed by atoms with Gasteiger partial charge in [-0.05, 0) is 144 Å². The van der Waals surface area contributed by atoms with Crippen LogP contribution in [0.25, 0.3) is 10.8 Å². The van der Waals surface area contributed by atoms with Crippen LogP contribution < -0.4 is 9.64 Å². The highest BCUT2D eigenvalue weighted by Crippen LogP contribution is 2.54. The molecule has 68 heavy (non-hydrogen) atoms. The van der Waals surface area contributed by atoms with Crippen LogP contribution in [0.5, 0.6) is 5.75 Å². The van der Waals surface area contributed by atoms with Gasteiger partial charge in [0, 0.05) is 59.6 Å². The van der Waals surface area contributed by atoms with E-state index in [4.69, 9.17) is 9.26 Å². The first-order valence-corrected chi connectivity index (χ1v) is 27.5. The van der Waals surface area contributed by atoms with Crippen LogP contribution in [-0.4, -0.2) is 66.4 Å². The average molecular weight is 958 g/mol. The minimum Gasteiger partial charge on any atom is -0.457 e. The van der Waals surface area contributed by atoms with Gasteiger partial charge < -0.3 is 14.2 Å². The molecule has 0 amide bonds. The van der Waals surface area contributed by atoms with Crippen molar-refractivity contribution < 1.29 is 31.4 Å². The van der Waals surface area contributed by atoms with Crippen molar-refractivity contribution in [2.45, 2.75) is 135 Å². The standard InChI is InChI=1S/C56H69N4O6PS/c1-40(2)60(41(3)4)67(61,39-19-36-57)65-38-17-11-10-16-37-59-50-33-26-42-20-12-13-23-47(42)53(50)56(7,8)52(59)35-28-44-22-18-21-43(54(44)66-45-29-31-46(32-30-45)68(62,63)64)27-34-51-55(5,6)48-24-14-15-25-49(48)58(51)9/h12-15,20,23-35,40-41H,10-11,16-19,21-22,37-39H2,1-9H3/p+1. The molecule has 4 aromatic rings. The molecule has 0 radical (unpaired) electrons. The van der Waals surface area contributed by atoms with Gasteiger partial charge in [-0.1, -0.05) is 81.3 Å². The van der Waals surface area contributed by atoms with E-state index in [1.165, 1.54) is 56.8 Å². The van der Waals surface area contributed by atoms with Crippen LogP contribution >= 0.6 is 7.52 Å². The molecule has 0 spiro atoms. The van der Waals surface area contributed by atoms with E-state index in [1.807, 2.05) is 32.4 Å². The van der Waals surface area contributed by atoms with Gasteiger partial charge >= 0.3 is 0 Å². The lowest BCUT2D eigenvalue weighted by Gasteiger charge is -2.37. The van der Waals surface area contributed by atoms with Crippen molar-refractivity contribution in [3.63, 3.8) is 0 Å². The molecule has 1 unspecified atom stereocenters. The Hall–Kier alpha value is -5.08. The summed E-state index contributed by atoms with van der Waals surface area (Å²) < 4.78 is 64.9. The molecule has 1 aliphatic carbocycles. The summed E-state index contributed by atoms with van der Waals surface area (Å²) in [6.45, 7) is 18.5. The van der Waals surface area contributed by atoms with Crippen molar-refractivity contribution in [2.24, 2.45) is 0 Å². The maximum atomic E-state index is 14.1. The lowest BCUT2D eigenvalue weighted by Crippen LogP contribution is -2.35. The number of hydrogen-bond acceptors (Lipinski definition) is 7. The molecule has 1 N–H and O–H groups in total. The van der Waals surface area contributed by atoms with Crippen LogP contribution in [0.4, 0.5) is 11.4 Å². The summed E-state index contributed by atoms with van der Waals surface area (Å²) in [5.74, 6) is 1.22. The topological polar surface area (TPSA) is 123 Å². The number of unbranched alkanes of at least 4 members (excludes halogenated alkanes) is 3. The summed E-state index contributed by atoms with van der Waals surface area (Å²) in [4.78, 5) is 2.30. The first kappa shape index (κ1) is 50.8. The summed E-state index contributed by atoms with van der Waals surface area (Å²) in [6.07, 6.45) is 15.5. The molecule has 10 nitrogen and oxygen atoms in total. The largest absolute Gasteiger partial charge is 0.457 e. The molecule has 12 heteroatoms. The van der Waals surface area contributed by atoms with Crippen LogP contribution in [0.3, 0.4) is 0 Å². The lowest BCUT2D eigenvalue weighted by molar-refractivity contribution is -0.401. The van der Waals surface area contributed by atoms with E-state index in [0.717, 1.165) is 68.4 Å². The number of benzene rings is 4. The molecule has 3 aliphatic rings. The molecule has 1 atom stereocenters. The second-order valence-corrected chi connectivity index (χ2v) is 23.8. The van der Waals surface area contributed by atoms with E-state index < -0.39 is 17.6 Å². The molecule has 4 aromatic carbocycles. The first-order chi connectivity index (χ1) is 32.3. The van der Waals surface area contributed by atoms with Crippen molar-refractivity contribution in [3.8, 4) is 11.8 Å². The molecule has 7 rings (SSSR count). The molecule has 0 aromatic heterocycles. The highest BCUT2D eigenvalue weighted by Gasteiger charge is 2.43. The van der Waals surface area contributed by atoms with E-state index in [0.29, 0.717) is 12.4 Å². The van der Waals surface area contributed by atoms with Crippen molar-refractivity contribution in [2.75, 3.05) is 31.3 Å². The van der Waals surface area contributed by atoms with E-state index in [1.54, 1.807) is 12.1 Å². The van der Waals surface area contributed by atoms with Gasteiger partial charge in [0.15, 0.2) is 5.71 Å². The van der Waals surface area contributed by atoms with Crippen LogP contribution in [0.1, 0.15) is 118 Å². The summed E-state index contributed by atoms with van der Waals surface area (Å²) in [5.41, 5.74) is 8.93. The van der Waals surface area contributed by atoms with E-state index in [-0.39, 0.29) is 40.4 Å². The van der Waals surface area contributed by atoms with Crippen LogP contribution in [0.2, 0.25) is 0 Å². The summed E-state index contributed by atoms with van der Waals surface area (Å²) in [7, 11) is -5.41. The van der Waals surface area contributed by atoms with Crippen LogP contribution in [0.15, 0.2) is 137 Å². The monoisotopic (exact) mass is 957 g/mol. The lowest BCUT2D eigenvalue weighted by atomic mass is 9.80. The number of nitrogens with zero attached hydrogens (tertiary/aromatic N) is 4. The molecule has 360 valence electrons. The number of fused-ring (bicyclic) bond motifs is 4. The van der Waals surface area contributed by atoms with Gasteiger partial charge in [0.2, 0.25) is 5.69 Å². The number of anilines is 1. The summed E-state index contributed by atoms with van der Waals surface area (Å²) in [5, 5.41) is 11.8. The van der Waals surface area contributed by atoms with E-state index in [2.05, 4.69) is 135 Å². The fourth-order valence-electron chi connectivity index (χ4n) is 10.8. The van der Waals surface area contributed by atoms with Gasteiger partial charge in [-0.3, -0.25) is 9.12 Å². The van der Waals surface area contributed by atoms with Gasteiger partial charge in [-0.2, -0.15) is 18.3 Å². The maximum Gasteiger partial charge on any atom is 0.294 e. The minimum absolute atomic E-state index is 0.0388. The zero-order chi connectivity index (χ0) is 49.0. The molecule has 0 saturated heterocycles. The molecule has 0 saturated carbocycles. The highest BCUT2D eigenvalue weighted by molar-refractivity contribution is 7.85. The second kappa shape index (κ2) is 20.9. The van der Waals surface area contributed by atoms with Gasteiger partial charge in [0.1, 0.15) is 18.6 Å². The SMILES string of the molecule is CC(C)N(C(C)C)P(=O)(CCC#N)OCCCCCCN1C(=CC=C2CCCC(C=CC3=[N+](C)c4ccccc4C3(C)C)=C2Oc2ccc(S(=O)(=O)O)cc2)C(C)(C)c2c1ccc1ccccc21. The zero-order valence-corrected chi connectivity index (χ0v) is 43.2. The molecule has 0 fully saturated rings. The minimum atomic E-state index is -4.37. The number of ether oxygens (including phenoxy) is 1. The Kier molecular flexibility index (Phi) is 15.6. The Labute approximate surface area is 405 Å². The van der Waals surface area contributed by atoms with Gasteiger partial charge in [-0.15, -0.1) is 0 Å². The predicted octanol–water partition coefficient (Wildman–Crippen LogP) is 13.6. The quantitative estimate of drug-likeness (QED) is 0.0423. The smallest absolute Gasteiger partial charge is 0.294 e. The fourth-order valence-corrected chi connectivity index (χ4v) is 13.9. The number of nitriles is 1. The third-order valence-corrected chi connectivity index (χ3v) is 17.8. The number of allylic oxidation sites excluding steroid dienone is 7. The normalized spacial score (nSPS) is 19.0. The van der Waals surface area contributed by atoms with Gasteiger partial charge in [-0.25, -0.2) is 4.67 Å². The molecular weight excluding hydrogens is 888 g/mol. The maximum absolute atomic E-state index is 14.1. The molecule has 0 bridgehead atoms. The van der Waals surface area contributed by atoms with Crippen molar-refractivity contribution in [3.05, 3.63) is 143 Å². The third kappa shape index (κ3) is 10.6.